The summed E-state index contributed by atoms with van der Waals surface area (Å²) in [6.45, 7) is 1.11. The Bertz CT molecular complexity index is 519. The molecular weight excluding hydrogens is 254 g/mol. The summed E-state index contributed by atoms with van der Waals surface area (Å²) < 4.78 is 25.8. The van der Waals surface area contributed by atoms with Gasteiger partial charge in [-0.2, -0.15) is 0 Å². The number of rotatable bonds is 4. The van der Waals surface area contributed by atoms with E-state index in [1.807, 2.05) is 0 Å². The molecule has 4 nitrogen and oxygen atoms in total. The molecule has 0 spiro atoms. The minimum Gasteiger partial charge on any atom is -0.369 e. The molecule has 1 aromatic rings. The molecule has 1 amide bonds. The van der Waals surface area contributed by atoms with Crippen molar-refractivity contribution in [2.45, 2.75) is 6.42 Å². The monoisotopic (exact) mass is 268 g/mol. The SMILES string of the molecule is NC(=O)C1CCN(CC(=O)c2ccc(F)c(F)c2)C1. The number of likely N-dealkylation sites (tertiary alicyclic amines) is 1. The zero-order chi connectivity index (χ0) is 14.0. The molecule has 0 aliphatic carbocycles. The normalized spacial score (nSPS) is 19.6. The van der Waals surface area contributed by atoms with Crippen LogP contribution in [0.25, 0.3) is 0 Å². The zero-order valence-corrected chi connectivity index (χ0v) is 10.2. The first-order chi connectivity index (χ1) is 8.97. The number of benzene rings is 1. The fraction of sp³-hybridized carbons (Fsp3) is 0.385. The maximum Gasteiger partial charge on any atom is 0.221 e. The van der Waals surface area contributed by atoms with Gasteiger partial charge in [-0.1, -0.05) is 0 Å². The average molecular weight is 268 g/mol. The Labute approximate surface area is 109 Å². The van der Waals surface area contributed by atoms with E-state index in [2.05, 4.69) is 0 Å². The van der Waals surface area contributed by atoms with Crippen LogP contribution in [-0.4, -0.2) is 36.2 Å². The third-order valence-electron chi connectivity index (χ3n) is 3.28. The third-order valence-corrected chi connectivity index (χ3v) is 3.28. The van der Waals surface area contributed by atoms with E-state index >= 15 is 0 Å². The molecule has 1 aliphatic heterocycles. The highest BCUT2D eigenvalue weighted by Crippen LogP contribution is 2.16. The highest BCUT2D eigenvalue weighted by atomic mass is 19.2. The number of carbonyl (C=O) groups is 2. The second kappa shape index (κ2) is 5.44. The summed E-state index contributed by atoms with van der Waals surface area (Å²) in [4.78, 5) is 24.7. The van der Waals surface area contributed by atoms with Crippen molar-refractivity contribution in [3.8, 4) is 0 Å². The molecule has 19 heavy (non-hydrogen) atoms. The van der Waals surface area contributed by atoms with Crippen LogP contribution in [0.2, 0.25) is 0 Å². The van der Waals surface area contributed by atoms with Gasteiger partial charge >= 0.3 is 0 Å². The molecule has 0 aromatic heterocycles. The van der Waals surface area contributed by atoms with E-state index in [0.717, 1.165) is 12.1 Å². The van der Waals surface area contributed by atoms with E-state index in [0.29, 0.717) is 19.5 Å². The van der Waals surface area contributed by atoms with Gasteiger partial charge in [0.15, 0.2) is 17.4 Å². The number of ketones is 1. The molecule has 1 heterocycles. The standard InChI is InChI=1S/C13H14F2N2O2/c14-10-2-1-8(5-11(10)15)12(18)7-17-4-3-9(6-17)13(16)19/h1-2,5,9H,3-4,6-7H2,(H2,16,19). The van der Waals surface area contributed by atoms with Gasteiger partial charge in [0.25, 0.3) is 0 Å². The maximum atomic E-state index is 13.0. The van der Waals surface area contributed by atoms with Gasteiger partial charge in [-0.05, 0) is 31.2 Å². The number of primary amides is 1. The van der Waals surface area contributed by atoms with Crippen molar-refractivity contribution in [1.29, 1.82) is 0 Å². The summed E-state index contributed by atoms with van der Waals surface area (Å²) in [5, 5.41) is 0. The molecule has 1 unspecified atom stereocenters. The van der Waals surface area contributed by atoms with Gasteiger partial charge in [-0.3, -0.25) is 14.5 Å². The minimum atomic E-state index is -1.04. The molecule has 1 aliphatic rings. The number of Topliss-reactive ketones (excluding diaryl/α,β-unsaturated/α-hetero) is 1. The number of halogens is 2. The number of amides is 1. The van der Waals surface area contributed by atoms with Crippen molar-refractivity contribution < 1.29 is 18.4 Å². The molecule has 1 atom stereocenters. The molecule has 2 N–H and O–H groups in total. The van der Waals surface area contributed by atoms with E-state index in [9.17, 15) is 18.4 Å². The Morgan fingerprint density at radius 1 is 1.32 bits per heavy atom. The van der Waals surface area contributed by atoms with Crippen LogP contribution in [0.5, 0.6) is 0 Å². The largest absolute Gasteiger partial charge is 0.369 e. The predicted octanol–water partition coefficient (Wildman–Crippen LogP) is 0.955. The van der Waals surface area contributed by atoms with E-state index in [1.165, 1.54) is 6.07 Å². The first-order valence-corrected chi connectivity index (χ1v) is 5.97. The van der Waals surface area contributed by atoms with Crippen molar-refractivity contribution in [1.82, 2.24) is 4.90 Å². The van der Waals surface area contributed by atoms with Crippen molar-refractivity contribution in [3.63, 3.8) is 0 Å². The summed E-state index contributed by atoms with van der Waals surface area (Å²) >= 11 is 0. The van der Waals surface area contributed by atoms with Crippen LogP contribution >= 0.6 is 0 Å². The summed E-state index contributed by atoms with van der Waals surface area (Å²) in [6, 6.07) is 3.07. The number of carbonyl (C=O) groups excluding carboxylic acids is 2. The Balaban J connectivity index is 1.98. The van der Waals surface area contributed by atoms with E-state index in [4.69, 9.17) is 5.73 Å². The second-order valence-electron chi connectivity index (χ2n) is 4.68. The van der Waals surface area contributed by atoms with Crippen molar-refractivity contribution >= 4 is 11.7 Å². The molecule has 1 fully saturated rings. The van der Waals surface area contributed by atoms with Gasteiger partial charge in [-0.15, -0.1) is 0 Å². The highest BCUT2D eigenvalue weighted by Gasteiger charge is 2.27. The van der Waals surface area contributed by atoms with E-state index < -0.39 is 11.6 Å². The lowest BCUT2D eigenvalue weighted by Crippen LogP contribution is -2.31. The summed E-state index contributed by atoms with van der Waals surface area (Å²) in [7, 11) is 0. The Kier molecular flexibility index (Phi) is 3.90. The van der Waals surface area contributed by atoms with E-state index in [-0.39, 0.29) is 29.7 Å². The second-order valence-corrected chi connectivity index (χ2v) is 4.68. The van der Waals surface area contributed by atoms with Gasteiger partial charge in [-0.25, -0.2) is 8.78 Å². The Morgan fingerprint density at radius 2 is 2.05 bits per heavy atom. The molecule has 0 bridgehead atoms. The van der Waals surface area contributed by atoms with Crippen molar-refractivity contribution in [3.05, 3.63) is 35.4 Å². The lowest BCUT2D eigenvalue weighted by molar-refractivity contribution is -0.121. The molecular formula is C13H14F2N2O2. The van der Waals surface area contributed by atoms with Crippen LogP contribution in [0.4, 0.5) is 8.78 Å². The quantitative estimate of drug-likeness (QED) is 0.827. The number of hydrogen-bond donors (Lipinski definition) is 1. The fourth-order valence-electron chi connectivity index (χ4n) is 2.17. The molecule has 2 rings (SSSR count). The fourth-order valence-corrected chi connectivity index (χ4v) is 2.17. The maximum absolute atomic E-state index is 13.0. The first kappa shape index (κ1) is 13.6. The van der Waals surface area contributed by atoms with Crippen molar-refractivity contribution in [2.75, 3.05) is 19.6 Å². The molecule has 1 saturated heterocycles. The number of hydrogen-bond acceptors (Lipinski definition) is 3. The van der Waals surface area contributed by atoms with Crippen LogP contribution in [0.15, 0.2) is 18.2 Å². The minimum absolute atomic E-state index is 0.0782. The molecule has 0 radical (unpaired) electrons. The molecule has 0 saturated carbocycles. The van der Waals surface area contributed by atoms with Crippen LogP contribution in [-0.2, 0) is 4.79 Å². The van der Waals surface area contributed by atoms with Gasteiger partial charge in [0.2, 0.25) is 5.91 Å². The summed E-state index contributed by atoms with van der Waals surface area (Å²) in [5.41, 5.74) is 5.32. The van der Waals surface area contributed by atoms with E-state index in [1.54, 1.807) is 4.90 Å². The summed E-state index contributed by atoms with van der Waals surface area (Å²) in [6.07, 6.45) is 0.625. The average Bonchev–Trinajstić information content (AvgIpc) is 2.81. The lowest BCUT2D eigenvalue weighted by Gasteiger charge is -2.14. The highest BCUT2D eigenvalue weighted by molar-refractivity contribution is 5.97. The molecule has 1 aromatic carbocycles. The molecule has 102 valence electrons. The summed E-state index contributed by atoms with van der Waals surface area (Å²) in [5.74, 6) is -2.93. The van der Waals surface area contributed by atoms with Gasteiger partial charge < -0.3 is 5.73 Å². The van der Waals surface area contributed by atoms with Crippen LogP contribution in [0, 0.1) is 17.6 Å². The van der Waals surface area contributed by atoms with Gasteiger partial charge in [0, 0.05) is 12.1 Å². The van der Waals surface area contributed by atoms with Crippen molar-refractivity contribution in [2.24, 2.45) is 11.7 Å². The predicted molar refractivity (Wildman–Crippen MR) is 64.4 cm³/mol. The Morgan fingerprint density at radius 3 is 2.63 bits per heavy atom. The van der Waals surface area contributed by atoms with Crippen LogP contribution in [0.3, 0.4) is 0 Å². The molecule has 6 heteroatoms. The van der Waals surface area contributed by atoms with Crippen LogP contribution in [0.1, 0.15) is 16.8 Å². The Hall–Kier alpha value is -1.82. The topological polar surface area (TPSA) is 63.4 Å². The third kappa shape index (κ3) is 3.14. The number of nitrogens with two attached hydrogens (primary N) is 1. The van der Waals surface area contributed by atoms with Gasteiger partial charge in [0.1, 0.15) is 0 Å². The first-order valence-electron chi connectivity index (χ1n) is 5.97. The smallest absolute Gasteiger partial charge is 0.221 e. The van der Waals surface area contributed by atoms with Gasteiger partial charge in [0.05, 0.1) is 12.5 Å². The number of nitrogens with zero attached hydrogens (tertiary/aromatic N) is 1. The lowest BCUT2D eigenvalue weighted by atomic mass is 10.1. The zero-order valence-electron chi connectivity index (χ0n) is 10.2. The van der Waals surface area contributed by atoms with Crippen LogP contribution < -0.4 is 5.73 Å².